The van der Waals surface area contributed by atoms with Gasteiger partial charge in [-0.15, -0.1) is 0 Å². The number of hydrogen-bond acceptors (Lipinski definition) is 6. The van der Waals surface area contributed by atoms with Gasteiger partial charge in [-0.1, -0.05) is 6.07 Å². The van der Waals surface area contributed by atoms with E-state index in [2.05, 4.69) is 28.3 Å². The molecule has 0 saturated carbocycles. The summed E-state index contributed by atoms with van der Waals surface area (Å²) in [4.78, 5) is 24.4. The molecule has 0 N–H and O–H groups in total. The van der Waals surface area contributed by atoms with Crippen LogP contribution < -0.4 is 4.90 Å². The number of fused-ring (bicyclic) bond motifs is 2. The lowest BCUT2D eigenvalue weighted by molar-refractivity contribution is 0.0575. The zero-order chi connectivity index (χ0) is 27.4. The van der Waals surface area contributed by atoms with Gasteiger partial charge in [-0.05, 0) is 83.9 Å². The molecule has 196 valence electrons. The van der Waals surface area contributed by atoms with E-state index in [4.69, 9.17) is 14.8 Å². The molecule has 0 fully saturated rings. The number of rotatable bonds is 4. The Morgan fingerprint density at radius 2 is 1.74 bits per heavy atom. The largest absolute Gasteiger partial charge is 0.443 e. The van der Waals surface area contributed by atoms with E-state index in [1.807, 2.05) is 78.4 Å². The zero-order valence-corrected chi connectivity index (χ0v) is 23.2. The van der Waals surface area contributed by atoms with Crippen molar-refractivity contribution in [1.29, 1.82) is 0 Å². The van der Waals surface area contributed by atoms with Crippen LogP contribution in [0.3, 0.4) is 0 Å². The minimum Gasteiger partial charge on any atom is -0.443 e. The number of carbonyl (C=O) groups is 1. The third-order valence-electron chi connectivity index (χ3n) is 6.39. The molecule has 0 unspecified atom stereocenters. The second-order valence-corrected chi connectivity index (χ2v) is 10.8. The molecule has 5 aromatic rings. The third-order valence-corrected chi connectivity index (χ3v) is 6.39. The first kappa shape index (κ1) is 25.4. The highest BCUT2D eigenvalue weighted by Gasteiger charge is 2.28. The second kappa shape index (κ2) is 9.24. The molecular weight excluding hydrogens is 478 g/mol. The van der Waals surface area contributed by atoms with Gasteiger partial charge >= 0.3 is 6.09 Å². The van der Waals surface area contributed by atoms with Crippen LogP contribution in [0.1, 0.15) is 49.1 Å². The SMILES string of the molecule is Cc1cc(CN(C(=O)OC(C)(C)C)c2cc(C)nc3c(-c4ccc5c(c4)c(C)nn5C)c(C)nn23)ccn1. The number of benzene rings is 1. The molecule has 1 amide bonds. The maximum atomic E-state index is 13.6. The Morgan fingerprint density at radius 1 is 0.974 bits per heavy atom. The molecule has 0 atom stereocenters. The lowest BCUT2D eigenvalue weighted by atomic mass is 10.0. The molecular formula is C29H33N7O2. The molecule has 0 radical (unpaired) electrons. The van der Waals surface area contributed by atoms with Gasteiger partial charge in [-0.25, -0.2) is 9.78 Å². The predicted octanol–water partition coefficient (Wildman–Crippen LogP) is 5.85. The molecule has 4 heterocycles. The van der Waals surface area contributed by atoms with E-state index in [1.165, 1.54) is 0 Å². The van der Waals surface area contributed by atoms with Crippen LogP contribution >= 0.6 is 0 Å². The number of aromatic nitrogens is 6. The van der Waals surface area contributed by atoms with Crippen LogP contribution in [0.25, 0.3) is 27.7 Å². The average molecular weight is 512 g/mol. The standard InChI is InChI=1S/C29H33N7O2/c1-17-13-21(11-12-30-17)16-35(28(37)38-29(5,6)7)25-14-18(2)31-27-26(20(4)33-36(25)27)22-9-10-24-23(15-22)19(3)32-34(24)8/h9-15H,16H2,1-8H3. The molecule has 4 aromatic heterocycles. The Labute approximate surface area is 222 Å². The Balaban J connectivity index is 1.69. The van der Waals surface area contributed by atoms with E-state index < -0.39 is 11.7 Å². The molecule has 9 heteroatoms. The molecule has 5 rings (SSSR count). The van der Waals surface area contributed by atoms with Crippen molar-refractivity contribution in [3.8, 4) is 11.1 Å². The van der Waals surface area contributed by atoms with Crippen LogP contribution in [0, 0.1) is 27.7 Å². The summed E-state index contributed by atoms with van der Waals surface area (Å²) in [7, 11) is 1.95. The molecule has 0 bridgehead atoms. The lowest BCUT2D eigenvalue weighted by Gasteiger charge is -2.28. The topological polar surface area (TPSA) is 90.4 Å². The summed E-state index contributed by atoms with van der Waals surface area (Å²) < 4.78 is 9.46. The number of hydrogen-bond donors (Lipinski definition) is 0. The van der Waals surface area contributed by atoms with Crippen molar-refractivity contribution < 1.29 is 9.53 Å². The van der Waals surface area contributed by atoms with Gasteiger partial charge in [0.05, 0.1) is 23.4 Å². The van der Waals surface area contributed by atoms with Crippen molar-refractivity contribution in [2.75, 3.05) is 4.90 Å². The summed E-state index contributed by atoms with van der Waals surface area (Å²) in [5, 5.41) is 10.5. The van der Waals surface area contributed by atoms with Crippen LogP contribution in [0.2, 0.25) is 0 Å². The number of anilines is 1. The van der Waals surface area contributed by atoms with E-state index in [9.17, 15) is 4.79 Å². The predicted molar refractivity (Wildman–Crippen MR) is 148 cm³/mol. The second-order valence-electron chi connectivity index (χ2n) is 10.8. The van der Waals surface area contributed by atoms with E-state index in [0.29, 0.717) is 18.0 Å². The van der Waals surface area contributed by atoms with E-state index >= 15 is 0 Å². The van der Waals surface area contributed by atoms with Gasteiger partial charge in [0.15, 0.2) is 5.65 Å². The highest BCUT2D eigenvalue weighted by Crippen LogP contribution is 2.33. The monoisotopic (exact) mass is 511 g/mol. The Hall–Kier alpha value is -4.27. The lowest BCUT2D eigenvalue weighted by Crippen LogP contribution is -2.37. The van der Waals surface area contributed by atoms with Crippen molar-refractivity contribution in [3.63, 3.8) is 0 Å². The van der Waals surface area contributed by atoms with Crippen molar-refractivity contribution >= 4 is 28.5 Å². The van der Waals surface area contributed by atoms with Gasteiger partial charge in [-0.3, -0.25) is 14.6 Å². The third kappa shape index (κ3) is 4.71. The van der Waals surface area contributed by atoms with Crippen LogP contribution in [0.15, 0.2) is 42.6 Å². The van der Waals surface area contributed by atoms with Crippen molar-refractivity contribution in [3.05, 3.63) is 70.9 Å². The molecule has 9 nitrogen and oxygen atoms in total. The maximum Gasteiger partial charge on any atom is 0.416 e. The Morgan fingerprint density at radius 3 is 2.45 bits per heavy atom. The molecule has 0 spiro atoms. The van der Waals surface area contributed by atoms with Crippen LogP contribution in [-0.4, -0.2) is 41.1 Å². The smallest absolute Gasteiger partial charge is 0.416 e. The molecule has 0 aliphatic carbocycles. The van der Waals surface area contributed by atoms with Gasteiger partial charge in [-0.2, -0.15) is 14.7 Å². The van der Waals surface area contributed by atoms with Crippen molar-refractivity contribution in [2.24, 2.45) is 7.05 Å². The van der Waals surface area contributed by atoms with E-state index in [-0.39, 0.29) is 0 Å². The van der Waals surface area contributed by atoms with Crippen LogP contribution in [-0.2, 0) is 18.3 Å². The summed E-state index contributed by atoms with van der Waals surface area (Å²) >= 11 is 0. The van der Waals surface area contributed by atoms with Crippen molar-refractivity contribution in [2.45, 2.75) is 60.6 Å². The summed E-state index contributed by atoms with van der Waals surface area (Å²) in [6.45, 7) is 13.7. The van der Waals surface area contributed by atoms with Gasteiger partial charge in [0, 0.05) is 41.6 Å². The Bertz CT molecular complexity index is 1690. The van der Waals surface area contributed by atoms with Gasteiger partial charge in [0.2, 0.25) is 0 Å². The molecule has 0 saturated heterocycles. The number of amides is 1. The fourth-order valence-corrected chi connectivity index (χ4v) is 4.79. The molecule has 1 aromatic carbocycles. The number of carbonyl (C=O) groups excluding carboxylic acids is 1. The number of ether oxygens (including phenoxy) is 1. The highest BCUT2D eigenvalue weighted by molar-refractivity contribution is 5.92. The van der Waals surface area contributed by atoms with Gasteiger partial charge in [0.25, 0.3) is 0 Å². The fourth-order valence-electron chi connectivity index (χ4n) is 4.79. The molecule has 0 aliphatic heterocycles. The quantitative estimate of drug-likeness (QED) is 0.300. The Kier molecular flexibility index (Phi) is 6.17. The minimum absolute atomic E-state index is 0.298. The fraction of sp³-hybridized carbons (Fsp3) is 0.345. The number of pyridine rings is 1. The first-order valence-electron chi connectivity index (χ1n) is 12.6. The van der Waals surface area contributed by atoms with Gasteiger partial charge < -0.3 is 4.74 Å². The number of aryl methyl sites for hydroxylation is 5. The zero-order valence-electron chi connectivity index (χ0n) is 23.2. The summed E-state index contributed by atoms with van der Waals surface area (Å²) in [5.74, 6) is 0.587. The van der Waals surface area contributed by atoms with E-state index in [0.717, 1.165) is 50.4 Å². The summed E-state index contributed by atoms with van der Waals surface area (Å²) in [6, 6.07) is 12.0. The van der Waals surface area contributed by atoms with E-state index in [1.54, 1.807) is 15.6 Å². The minimum atomic E-state index is -0.660. The summed E-state index contributed by atoms with van der Waals surface area (Å²) in [5.41, 5.74) is 7.36. The first-order valence-corrected chi connectivity index (χ1v) is 12.6. The molecule has 0 aliphatic rings. The maximum absolute atomic E-state index is 13.6. The van der Waals surface area contributed by atoms with Crippen LogP contribution in [0.5, 0.6) is 0 Å². The van der Waals surface area contributed by atoms with Crippen molar-refractivity contribution in [1.82, 2.24) is 29.4 Å². The number of nitrogens with zero attached hydrogens (tertiary/aromatic N) is 7. The summed E-state index contributed by atoms with van der Waals surface area (Å²) in [6.07, 6.45) is 1.29. The normalized spacial score (nSPS) is 11.9. The highest BCUT2D eigenvalue weighted by atomic mass is 16.6. The van der Waals surface area contributed by atoms with Crippen LogP contribution in [0.4, 0.5) is 10.6 Å². The molecule has 38 heavy (non-hydrogen) atoms. The average Bonchev–Trinajstić information content (AvgIpc) is 3.30. The van der Waals surface area contributed by atoms with Gasteiger partial charge in [0.1, 0.15) is 11.4 Å². The first-order chi connectivity index (χ1) is 17.9.